The van der Waals surface area contributed by atoms with E-state index in [-0.39, 0.29) is 5.75 Å². The van der Waals surface area contributed by atoms with Crippen LogP contribution in [0.5, 0.6) is 5.75 Å². The first-order chi connectivity index (χ1) is 3.39. The first-order valence-electron chi connectivity index (χ1n) is 1.96. The number of pyridine rings is 1. The molecule has 0 N–H and O–H groups in total. The molecular weight excluding hydrogens is 90.1 g/mol. The maximum Gasteiger partial charge on any atom is 0.0261 e. The molecule has 1 aromatic rings. The molecule has 0 amide bonds. The zero-order valence-electron chi connectivity index (χ0n) is 3.66. The first-order valence-corrected chi connectivity index (χ1v) is 1.96. The van der Waals surface area contributed by atoms with Gasteiger partial charge in [0.25, 0.3) is 0 Å². The lowest BCUT2D eigenvalue weighted by molar-refractivity contribution is -0.268. The minimum Gasteiger partial charge on any atom is -0.872 e. The number of aromatic nitrogens is 1. The van der Waals surface area contributed by atoms with Gasteiger partial charge in [-0.05, 0) is 0 Å². The van der Waals surface area contributed by atoms with Crippen LogP contribution in [-0.4, -0.2) is 4.98 Å². The average Bonchev–Trinajstić information content (AvgIpc) is 1.69. The Hall–Kier alpha value is -1.05. The third-order valence-electron chi connectivity index (χ3n) is 0.650. The van der Waals surface area contributed by atoms with Crippen LogP contribution in [0.2, 0.25) is 0 Å². The fourth-order valence-electron chi connectivity index (χ4n) is 0.338. The Bertz CT molecular complexity index is 138. The van der Waals surface area contributed by atoms with E-state index in [4.69, 9.17) is 0 Å². The van der Waals surface area contributed by atoms with Gasteiger partial charge in [-0.25, -0.2) is 0 Å². The van der Waals surface area contributed by atoms with E-state index in [2.05, 4.69) is 4.98 Å². The van der Waals surface area contributed by atoms with Gasteiger partial charge in [0.05, 0.1) is 0 Å². The minimum absolute atomic E-state index is 0.00926. The Balaban J connectivity index is 3.02. The number of nitrogens with zero attached hydrogens (tertiary/aromatic N) is 1. The van der Waals surface area contributed by atoms with Crippen LogP contribution in [0, 0.1) is 0 Å². The van der Waals surface area contributed by atoms with Crippen molar-refractivity contribution in [3.63, 3.8) is 0 Å². The molecule has 2 nitrogen and oxygen atoms in total. The predicted molar refractivity (Wildman–Crippen MR) is 23.7 cm³/mol. The van der Waals surface area contributed by atoms with Gasteiger partial charge in [-0.15, -0.1) is 5.75 Å². The first kappa shape index (κ1) is 4.12. The van der Waals surface area contributed by atoms with Crippen LogP contribution in [0.15, 0.2) is 24.5 Å². The van der Waals surface area contributed by atoms with Crippen molar-refractivity contribution < 1.29 is 5.11 Å². The average molecular weight is 94.1 g/mol. The molecule has 36 valence electrons. The lowest BCUT2D eigenvalue weighted by Gasteiger charge is -1.98. The normalized spacial score (nSPS) is 8.57. The highest BCUT2D eigenvalue weighted by atomic mass is 16.3. The zero-order valence-corrected chi connectivity index (χ0v) is 3.66. The molecule has 0 unspecified atom stereocenters. The van der Waals surface area contributed by atoms with E-state index < -0.39 is 0 Å². The summed E-state index contributed by atoms with van der Waals surface area (Å²) in [5, 5.41) is 10.2. The maximum absolute atomic E-state index is 10.2. The standard InChI is InChI=1S/C5H5NO/c7-5-1-3-6-4-2-5/h1-4H,(H,6,7)/p-1. The predicted octanol–water partition coefficient (Wildman–Crippen LogP) is 0.155. The second-order valence-electron chi connectivity index (χ2n) is 1.18. The van der Waals surface area contributed by atoms with Crippen molar-refractivity contribution in [2.45, 2.75) is 0 Å². The lowest BCUT2D eigenvalue weighted by Crippen LogP contribution is -1.86. The maximum atomic E-state index is 10.2. The van der Waals surface area contributed by atoms with Crippen LogP contribution in [0.1, 0.15) is 0 Å². The summed E-state index contributed by atoms with van der Waals surface area (Å²) in [6.45, 7) is 0. The van der Waals surface area contributed by atoms with Crippen LogP contribution in [0.4, 0.5) is 0 Å². The van der Waals surface area contributed by atoms with Crippen LogP contribution in [0.3, 0.4) is 0 Å². The van der Waals surface area contributed by atoms with Gasteiger partial charge in [0, 0.05) is 12.4 Å². The van der Waals surface area contributed by atoms with Gasteiger partial charge in [0.2, 0.25) is 0 Å². The zero-order chi connectivity index (χ0) is 5.11. The van der Waals surface area contributed by atoms with Crippen molar-refractivity contribution in [3.05, 3.63) is 24.5 Å². The van der Waals surface area contributed by atoms with E-state index >= 15 is 0 Å². The molecule has 0 aromatic carbocycles. The van der Waals surface area contributed by atoms with E-state index in [1.54, 1.807) is 0 Å². The van der Waals surface area contributed by atoms with Crippen LogP contribution >= 0.6 is 0 Å². The molecule has 0 saturated carbocycles. The summed E-state index contributed by atoms with van der Waals surface area (Å²) < 4.78 is 0. The second kappa shape index (κ2) is 1.60. The highest BCUT2D eigenvalue weighted by molar-refractivity contribution is 5.12. The van der Waals surface area contributed by atoms with Crippen LogP contribution in [0.25, 0.3) is 0 Å². The third-order valence-corrected chi connectivity index (χ3v) is 0.650. The summed E-state index contributed by atoms with van der Waals surface area (Å²) in [5.41, 5.74) is 0. The van der Waals surface area contributed by atoms with Gasteiger partial charge in [0.15, 0.2) is 0 Å². The van der Waals surface area contributed by atoms with Crippen molar-refractivity contribution in [3.8, 4) is 5.75 Å². The van der Waals surface area contributed by atoms with Gasteiger partial charge in [-0.3, -0.25) is 4.98 Å². The van der Waals surface area contributed by atoms with Crippen molar-refractivity contribution in [2.24, 2.45) is 0 Å². The van der Waals surface area contributed by atoms with Crippen LogP contribution in [-0.2, 0) is 0 Å². The SMILES string of the molecule is [O-]c1ccncc1. The Kier molecular flexibility index (Phi) is 0.941. The molecular formula is C5H4NO-. The quantitative estimate of drug-likeness (QED) is 0.459. The third kappa shape index (κ3) is 0.892. The van der Waals surface area contributed by atoms with E-state index in [0.717, 1.165) is 0 Å². The molecule has 0 saturated heterocycles. The smallest absolute Gasteiger partial charge is 0.0261 e. The molecule has 7 heavy (non-hydrogen) atoms. The summed E-state index contributed by atoms with van der Waals surface area (Å²) in [5.74, 6) is 0.00926. The molecule has 1 rings (SSSR count). The Morgan fingerprint density at radius 3 is 2.14 bits per heavy atom. The molecule has 1 heterocycles. The summed E-state index contributed by atoms with van der Waals surface area (Å²) in [6.07, 6.45) is 2.95. The monoisotopic (exact) mass is 94.0 g/mol. The summed E-state index contributed by atoms with van der Waals surface area (Å²) in [7, 11) is 0. The molecule has 1 aromatic heterocycles. The van der Waals surface area contributed by atoms with Gasteiger partial charge in [-0.1, -0.05) is 12.1 Å². The van der Waals surface area contributed by atoms with E-state index in [9.17, 15) is 5.11 Å². The van der Waals surface area contributed by atoms with Crippen molar-refractivity contribution in [1.29, 1.82) is 0 Å². The molecule has 0 aliphatic rings. The summed E-state index contributed by atoms with van der Waals surface area (Å²) in [6, 6.07) is 2.83. The van der Waals surface area contributed by atoms with E-state index in [0.29, 0.717) is 0 Å². The van der Waals surface area contributed by atoms with Crippen molar-refractivity contribution in [2.75, 3.05) is 0 Å². The molecule has 0 aliphatic carbocycles. The molecule has 0 radical (unpaired) electrons. The molecule has 0 spiro atoms. The van der Waals surface area contributed by atoms with E-state index in [1.807, 2.05) is 0 Å². The lowest BCUT2D eigenvalue weighted by atomic mass is 10.5. The summed E-state index contributed by atoms with van der Waals surface area (Å²) in [4.78, 5) is 3.65. The largest absolute Gasteiger partial charge is 0.872 e. The van der Waals surface area contributed by atoms with Gasteiger partial charge < -0.3 is 5.11 Å². The second-order valence-corrected chi connectivity index (χ2v) is 1.18. The number of hydrogen-bond donors (Lipinski definition) is 0. The molecule has 2 heteroatoms. The fraction of sp³-hybridized carbons (Fsp3) is 0. The summed E-state index contributed by atoms with van der Waals surface area (Å²) >= 11 is 0. The molecule has 0 fully saturated rings. The molecule has 0 aliphatic heterocycles. The van der Waals surface area contributed by atoms with Gasteiger partial charge in [-0.2, -0.15) is 0 Å². The Morgan fingerprint density at radius 2 is 1.86 bits per heavy atom. The highest BCUT2D eigenvalue weighted by Gasteiger charge is 1.65. The van der Waals surface area contributed by atoms with E-state index in [1.165, 1.54) is 24.5 Å². The van der Waals surface area contributed by atoms with Crippen LogP contribution < -0.4 is 5.11 Å². The minimum atomic E-state index is 0.00926. The van der Waals surface area contributed by atoms with Crippen molar-refractivity contribution >= 4 is 0 Å². The topological polar surface area (TPSA) is 36.0 Å². The Morgan fingerprint density at radius 1 is 1.29 bits per heavy atom. The number of hydrogen-bond acceptors (Lipinski definition) is 2. The molecule has 0 atom stereocenters. The molecule has 0 bridgehead atoms. The van der Waals surface area contributed by atoms with Gasteiger partial charge >= 0.3 is 0 Å². The fourth-order valence-corrected chi connectivity index (χ4v) is 0.338. The highest BCUT2D eigenvalue weighted by Crippen LogP contribution is 1.95. The van der Waals surface area contributed by atoms with Gasteiger partial charge in [0.1, 0.15) is 0 Å². The Labute approximate surface area is 41.4 Å². The number of rotatable bonds is 0. The van der Waals surface area contributed by atoms with Crippen molar-refractivity contribution in [1.82, 2.24) is 4.98 Å².